The third kappa shape index (κ3) is 3.54. The van der Waals surface area contributed by atoms with E-state index in [1.54, 1.807) is 7.11 Å². The Balaban J connectivity index is 1.34. The second kappa shape index (κ2) is 7.87. The summed E-state index contributed by atoms with van der Waals surface area (Å²) in [6.45, 7) is 7.80. The van der Waals surface area contributed by atoms with Gasteiger partial charge in [-0.1, -0.05) is 6.07 Å². The summed E-state index contributed by atoms with van der Waals surface area (Å²) in [5, 5.41) is 0. The van der Waals surface area contributed by atoms with Gasteiger partial charge < -0.3 is 19.1 Å². The van der Waals surface area contributed by atoms with Crippen LogP contribution in [0.5, 0.6) is 5.75 Å². The highest BCUT2D eigenvalue weighted by Gasteiger charge is 2.56. The molecule has 4 saturated heterocycles. The number of hydrogen-bond donors (Lipinski definition) is 0. The van der Waals surface area contributed by atoms with E-state index in [-0.39, 0.29) is 17.5 Å². The molecular weight excluding hydrogens is 370 g/mol. The first-order valence-electron chi connectivity index (χ1n) is 10.8. The van der Waals surface area contributed by atoms with E-state index in [1.165, 1.54) is 0 Å². The zero-order valence-electron chi connectivity index (χ0n) is 17.2. The Bertz CT molecular complexity index is 745. The van der Waals surface area contributed by atoms with Crippen LogP contribution in [0.3, 0.4) is 0 Å². The number of amides is 1. The summed E-state index contributed by atoms with van der Waals surface area (Å²) in [5.41, 5.74) is 0.754. The molecular formula is C22H31N3O4. The lowest BCUT2D eigenvalue weighted by molar-refractivity contribution is -0.171. The summed E-state index contributed by atoms with van der Waals surface area (Å²) >= 11 is 0. The largest absolute Gasteiger partial charge is 0.497 e. The van der Waals surface area contributed by atoms with Gasteiger partial charge in [0.15, 0.2) is 0 Å². The molecule has 29 heavy (non-hydrogen) atoms. The molecule has 0 aliphatic carbocycles. The van der Waals surface area contributed by atoms with E-state index in [1.807, 2.05) is 29.2 Å². The van der Waals surface area contributed by atoms with Gasteiger partial charge in [-0.15, -0.1) is 0 Å². The number of nitrogens with zero attached hydrogens (tertiary/aromatic N) is 3. The molecule has 4 heterocycles. The molecule has 4 aliphatic rings. The molecule has 1 aromatic carbocycles. The Morgan fingerprint density at radius 1 is 1.10 bits per heavy atom. The summed E-state index contributed by atoms with van der Waals surface area (Å²) in [7, 11) is 1.63. The first kappa shape index (κ1) is 19.3. The van der Waals surface area contributed by atoms with Crippen LogP contribution in [0.25, 0.3) is 0 Å². The summed E-state index contributed by atoms with van der Waals surface area (Å²) in [5.74, 6) is 0.817. The van der Waals surface area contributed by atoms with Crippen LogP contribution in [-0.2, 0) is 9.47 Å². The molecule has 1 atom stereocenters. The summed E-state index contributed by atoms with van der Waals surface area (Å²) in [6.07, 6.45) is 2.24. The van der Waals surface area contributed by atoms with E-state index in [0.717, 1.165) is 71.1 Å². The monoisotopic (exact) mass is 401 g/mol. The van der Waals surface area contributed by atoms with Crippen molar-refractivity contribution in [3.05, 3.63) is 29.8 Å². The van der Waals surface area contributed by atoms with Crippen molar-refractivity contribution in [2.45, 2.75) is 30.5 Å². The van der Waals surface area contributed by atoms with Crippen molar-refractivity contribution in [2.24, 2.45) is 0 Å². The minimum Gasteiger partial charge on any atom is -0.497 e. The number of benzene rings is 1. The molecule has 4 fully saturated rings. The predicted octanol–water partition coefficient (Wildman–Crippen LogP) is 1.09. The molecule has 1 spiro atoms. The minimum atomic E-state index is 0.0551. The Morgan fingerprint density at radius 3 is 2.72 bits per heavy atom. The quantitative estimate of drug-likeness (QED) is 0.756. The van der Waals surface area contributed by atoms with Crippen LogP contribution in [0.4, 0.5) is 0 Å². The van der Waals surface area contributed by atoms with Gasteiger partial charge in [-0.25, -0.2) is 0 Å². The van der Waals surface area contributed by atoms with Crippen LogP contribution in [0.1, 0.15) is 23.2 Å². The van der Waals surface area contributed by atoms with Crippen molar-refractivity contribution >= 4 is 5.91 Å². The molecule has 0 radical (unpaired) electrons. The third-order valence-electron chi connectivity index (χ3n) is 7.06. The second-order valence-corrected chi connectivity index (χ2v) is 8.81. The number of rotatable bonds is 3. The lowest BCUT2D eigenvalue weighted by atomic mass is 9.80. The SMILES string of the molecule is COc1cccc(C(=O)N2C[C@@H]3COCCN3C3(C2)CN(C2CCOCC2)C3)c1. The molecule has 1 aromatic rings. The summed E-state index contributed by atoms with van der Waals surface area (Å²) in [4.78, 5) is 20.6. The second-order valence-electron chi connectivity index (χ2n) is 8.81. The Labute approximate surface area is 172 Å². The van der Waals surface area contributed by atoms with Gasteiger partial charge in [-0.2, -0.15) is 0 Å². The van der Waals surface area contributed by atoms with Gasteiger partial charge in [0.2, 0.25) is 0 Å². The maximum Gasteiger partial charge on any atom is 0.254 e. The molecule has 158 valence electrons. The van der Waals surface area contributed by atoms with Crippen molar-refractivity contribution < 1.29 is 19.0 Å². The number of morpholine rings is 1. The van der Waals surface area contributed by atoms with Gasteiger partial charge in [-0.3, -0.25) is 14.6 Å². The summed E-state index contributed by atoms with van der Waals surface area (Å²) in [6, 6.07) is 8.40. The highest BCUT2D eigenvalue weighted by Crippen LogP contribution is 2.38. The first-order chi connectivity index (χ1) is 14.2. The standard InChI is InChI=1S/C22H31N3O4/c1-27-20-4-2-3-17(11-20)21(26)23-12-19-13-29-10-7-25(19)22(14-23)15-24(16-22)18-5-8-28-9-6-18/h2-4,11,18-19H,5-10,12-16H2,1H3/t19-/m1/s1. The number of carbonyl (C=O) groups excluding carboxylic acids is 1. The van der Waals surface area contributed by atoms with E-state index < -0.39 is 0 Å². The molecule has 1 amide bonds. The molecule has 0 saturated carbocycles. The first-order valence-corrected chi connectivity index (χ1v) is 10.8. The topological polar surface area (TPSA) is 54.5 Å². The molecule has 0 bridgehead atoms. The van der Waals surface area contributed by atoms with Crippen LogP contribution in [0.15, 0.2) is 24.3 Å². The zero-order valence-corrected chi connectivity index (χ0v) is 17.2. The lowest BCUT2D eigenvalue weighted by Gasteiger charge is -2.64. The fourth-order valence-electron chi connectivity index (χ4n) is 5.59. The van der Waals surface area contributed by atoms with E-state index in [9.17, 15) is 4.79 Å². The molecule has 0 aromatic heterocycles. The average Bonchev–Trinajstić information content (AvgIpc) is 2.76. The van der Waals surface area contributed by atoms with Gasteiger partial charge in [0, 0.05) is 57.5 Å². The number of piperazine rings is 1. The summed E-state index contributed by atoms with van der Waals surface area (Å²) < 4.78 is 16.6. The highest BCUT2D eigenvalue weighted by atomic mass is 16.5. The van der Waals surface area contributed by atoms with Crippen LogP contribution in [0.2, 0.25) is 0 Å². The predicted molar refractivity (Wildman–Crippen MR) is 108 cm³/mol. The number of methoxy groups -OCH3 is 1. The molecule has 0 unspecified atom stereocenters. The van der Waals surface area contributed by atoms with Crippen LogP contribution in [-0.4, -0.2) is 104 Å². The molecule has 7 nitrogen and oxygen atoms in total. The van der Waals surface area contributed by atoms with Crippen LogP contribution >= 0.6 is 0 Å². The normalized spacial score (nSPS) is 28.0. The molecule has 0 N–H and O–H groups in total. The number of fused-ring (bicyclic) bond motifs is 2. The average molecular weight is 402 g/mol. The molecule has 7 heteroatoms. The minimum absolute atomic E-state index is 0.0551. The number of carbonyl (C=O) groups is 1. The lowest BCUT2D eigenvalue weighted by Crippen LogP contribution is -2.81. The van der Waals surface area contributed by atoms with Crippen molar-refractivity contribution in [3.8, 4) is 5.75 Å². The number of likely N-dealkylation sites (tertiary alicyclic amines) is 1. The van der Waals surface area contributed by atoms with E-state index in [4.69, 9.17) is 14.2 Å². The van der Waals surface area contributed by atoms with Gasteiger partial charge in [0.25, 0.3) is 5.91 Å². The smallest absolute Gasteiger partial charge is 0.254 e. The maximum atomic E-state index is 13.3. The fourth-order valence-corrected chi connectivity index (χ4v) is 5.59. The highest BCUT2D eigenvalue weighted by molar-refractivity contribution is 5.94. The van der Waals surface area contributed by atoms with E-state index in [2.05, 4.69) is 9.80 Å². The van der Waals surface area contributed by atoms with Gasteiger partial charge >= 0.3 is 0 Å². The van der Waals surface area contributed by atoms with E-state index >= 15 is 0 Å². The van der Waals surface area contributed by atoms with Crippen molar-refractivity contribution in [1.82, 2.24) is 14.7 Å². The fraction of sp³-hybridized carbons (Fsp3) is 0.682. The Kier molecular flexibility index (Phi) is 5.24. The van der Waals surface area contributed by atoms with Gasteiger partial charge in [0.1, 0.15) is 5.75 Å². The zero-order chi connectivity index (χ0) is 19.8. The Morgan fingerprint density at radius 2 is 1.93 bits per heavy atom. The number of hydrogen-bond acceptors (Lipinski definition) is 6. The van der Waals surface area contributed by atoms with Crippen molar-refractivity contribution in [1.29, 1.82) is 0 Å². The van der Waals surface area contributed by atoms with Gasteiger partial charge in [-0.05, 0) is 31.0 Å². The molecule has 4 aliphatic heterocycles. The van der Waals surface area contributed by atoms with Crippen molar-refractivity contribution in [2.75, 3.05) is 66.3 Å². The Hall–Kier alpha value is -1.67. The third-order valence-corrected chi connectivity index (χ3v) is 7.06. The van der Waals surface area contributed by atoms with Crippen LogP contribution < -0.4 is 4.74 Å². The van der Waals surface area contributed by atoms with Crippen molar-refractivity contribution in [3.63, 3.8) is 0 Å². The van der Waals surface area contributed by atoms with E-state index in [0.29, 0.717) is 18.2 Å². The number of ether oxygens (including phenoxy) is 3. The molecule has 5 rings (SSSR count). The van der Waals surface area contributed by atoms with Crippen LogP contribution in [0, 0.1) is 0 Å². The maximum absolute atomic E-state index is 13.3. The van der Waals surface area contributed by atoms with Gasteiger partial charge in [0.05, 0.1) is 31.9 Å².